The van der Waals surface area contributed by atoms with Gasteiger partial charge < -0.3 is 10.4 Å². The van der Waals surface area contributed by atoms with Gasteiger partial charge in [-0.1, -0.05) is 0 Å². The monoisotopic (exact) mass is 324 g/mol. The van der Waals surface area contributed by atoms with E-state index in [9.17, 15) is 4.79 Å². The molecule has 0 aliphatic carbocycles. The molecule has 0 spiro atoms. The zero-order chi connectivity index (χ0) is 17.3. The lowest BCUT2D eigenvalue weighted by atomic mass is 10.2. The topological polar surface area (TPSA) is 106 Å². The molecule has 3 aromatic heterocycles. The lowest BCUT2D eigenvalue weighted by Gasteiger charge is -2.06. The SMILES string of the molecule is Cc1cc(C)nc(Nc2nccc(-c3cc(C(=O)O)n(C)n3)n2)c1. The Kier molecular flexibility index (Phi) is 3.95. The number of nitrogens with zero attached hydrogens (tertiary/aromatic N) is 5. The molecule has 2 N–H and O–H groups in total. The van der Waals surface area contributed by atoms with Crippen LogP contribution in [-0.4, -0.2) is 35.8 Å². The molecule has 3 rings (SSSR count). The largest absolute Gasteiger partial charge is 0.477 e. The van der Waals surface area contributed by atoms with Gasteiger partial charge in [-0.2, -0.15) is 5.10 Å². The minimum absolute atomic E-state index is 0.0918. The van der Waals surface area contributed by atoms with E-state index in [4.69, 9.17) is 5.11 Å². The molecule has 0 unspecified atom stereocenters. The summed E-state index contributed by atoms with van der Waals surface area (Å²) in [5, 5.41) is 16.3. The number of nitrogens with one attached hydrogen (secondary N) is 1. The van der Waals surface area contributed by atoms with E-state index in [0.29, 0.717) is 23.2 Å². The highest BCUT2D eigenvalue weighted by atomic mass is 16.4. The van der Waals surface area contributed by atoms with Crippen LogP contribution < -0.4 is 5.32 Å². The highest BCUT2D eigenvalue weighted by molar-refractivity contribution is 5.87. The second kappa shape index (κ2) is 6.07. The average molecular weight is 324 g/mol. The second-order valence-corrected chi connectivity index (χ2v) is 5.41. The van der Waals surface area contributed by atoms with Crippen LogP contribution in [0.5, 0.6) is 0 Å². The molecule has 0 aliphatic heterocycles. The molecule has 24 heavy (non-hydrogen) atoms. The van der Waals surface area contributed by atoms with Gasteiger partial charge in [0.15, 0.2) is 0 Å². The van der Waals surface area contributed by atoms with Crippen molar-refractivity contribution in [3.05, 3.63) is 47.4 Å². The third-order valence-corrected chi connectivity index (χ3v) is 3.35. The van der Waals surface area contributed by atoms with Crippen molar-refractivity contribution in [3.63, 3.8) is 0 Å². The molecule has 122 valence electrons. The predicted molar refractivity (Wildman–Crippen MR) is 88.2 cm³/mol. The Labute approximate surface area is 138 Å². The number of carboxylic acid groups (broad SMARTS) is 1. The number of aromatic carboxylic acids is 1. The standard InChI is InChI=1S/C16H16N6O2/c1-9-6-10(2)18-14(7-9)20-16-17-5-4-11(19-16)12-8-13(15(23)24)22(3)21-12/h4-8H,1-3H3,(H,23,24)(H,17,18,19,20). The first kappa shape index (κ1) is 15.6. The summed E-state index contributed by atoms with van der Waals surface area (Å²) in [4.78, 5) is 24.1. The Morgan fingerprint density at radius 1 is 1.17 bits per heavy atom. The number of hydrogen-bond acceptors (Lipinski definition) is 6. The highest BCUT2D eigenvalue weighted by Gasteiger charge is 2.14. The third kappa shape index (κ3) is 3.22. The maximum atomic E-state index is 11.1. The fourth-order valence-corrected chi connectivity index (χ4v) is 2.37. The van der Waals surface area contributed by atoms with E-state index in [0.717, 1.165) is 11.3 Å². The quantitative estimate of drug-likeness (QED) is 0.758. The summed E-state index contributed by atoms with van der Waals surface area (Å²) in [6.07, 6.45) is 1.59. The van der Waals surface area contributed by atoms with Gasteiger partial charge in [0.1, 0.15) is 17.2 Å². The summed E-state index contributed by atoms with van der Waals surface area (Å²) in [6, 6.07) is 7.02. The van der Waals surface area contributed by atoms with E-state index < -0.39 is 5.97 Å². The van der Waals surface area contributed by atoms with Crippen LogP contribution in [0.15, 0.2) is 30.5 Å². The van der Waals surface area contributed by atoms with E-state index in [2.05, 4.69) is 25.4 Å². The normalized spacial score (nSPS) is 10.6. The van der Waals surface area contributed by atoms with Gasteiger partial charge in [0.05, 0.1) is 5.69 Å². The smallest absolute Gasteiger partial charge is 0.354 e. The van der Waals surface area contributed by atoms with Crippen molar-refractivity contribution in [2.24, 2.45) is 7.05 Å². The molecule has 0 amide bonds. The number of anilines is 2. The summed E-state index contributed by atoms with van der Waals surface area (Å²) >= 11 is 0. The van der Waals surface area contributed by atoms with Crippen molar-refractivity contribution < 1.29 is 9.90 Å². The Balaban J connectivity index is 1.91. The van der Waals surface area contributed by atoms with E-state index in [-0.39, 0.29) is 5.69 Å². The average Bonchev–Trinajstić information content (AvgIpc) is 2.89. The number of rotatable bonds is 4. The van der Waals surface area contributed by atoms with Crippen LogP contribution in [0.2, 0.25) is 0 Å². The number of carboxylic acids is 1. The molecular weight excluding hydrogens is 308 g/mol. The Morgan fingerprint density at radius 2 is 1.96 bits per heavy atom. The number of carbonyl (C=O) groups is 1. The van der Waals surface area contributed by atoms with Crippen LogP contribution in [0.25, 0.3) is 11.4 Å². The summed E-state index contributed by atoms with van der Waals surface area (Å²) in [5.74, 6) is -0.0208. The van der Waals surface area contributed by atoms with Crippen LogP contribution in [0, 0.1) is 13.8 Å². The van der Waals surface area contributed by atoms with Crippen molar-refractivity contribution in [1.82, 2.24) is 24.7 Å². The minimum Gasteiger partial charge on any atom is -0.477 e. The molecule has 0 saturated heterocycles. The maximum absolute atomic E-state index is 11.1. The van der Waals surface area contributed by atoms with Gasteiger partial charge in [-0.3, -0.25) is 4.68 Å². The number of aryl methyl sites for hydroxylation is 3. The Bertz CT molecular complexity index is 898. The minimum atomic E-state index is -1.04. The van der Waals surface area contributed by atoms with Crippen molar-refractivity contribution in [2.45, 2.75) is 13.8 Å². The number of aromatic nitrogens is 5. The van der Waals surface area contributed by atoms with E-state index >= 15 is 0 Å². The lowest BCUT2D eigenvalue weighted by Crippen LogP contribution is -2.04. The zero-order valence-electron chi connectivity index (χ0n) is 13.5. The van der Waals surface area contributed by atoms with Crippen LogP contribution in [0.3, 0.4) is 0 Å². The van der Waals surface area contributed by atoms with Crippen molar-refractivity contribution in [2.75, 3.05) is 5.32 Å². The van der Waals surface area contributed by atoms with E-state index in [1.807, 2.05) is 26.0 Å². The van der Waals surface area contributed by atoms with Gasteiger partial charge in [-0.25, -0.2) is 19.7 Å². The van der Waals surface area contributed by atoms with Gasteiger partial charge in [0.25, 0.3) is 0 Å². The third-order valence-electron chi connectivity index (χ3n) is 3.35. The first-order valence-corrected chi connectivity index (χ1v) is 7.25. The fraction of sp³-hybridized carbons (Fsp3) is 0.188. The van der Waals surface area contributed by atoms with Gasteiger partial charge >= 0.3 is 5.97 Å². The first-order valence-electron chi connectivity index (χ1n) is 7.25. The molecule has 0 fully saturated rings. The molecule has 3 aromatic rings. The molecule has 8 heteroatoms. The maximum Gasteiger partial charge on any atom is 0.354 e. The fourth-order valence-electron chi connectivity index (χ4n) is 2.37. The summed E-state index contributed by atoms with van der Waals surface area (Å²) < 4.78 is 1.30. The van der Waals surface area contributed by atoms with Gasteiger partial charge in [0.2, 0.25) is 5.95 Å². The lowest BCUT2D eigenvalue weighted by molar-refractivity contribution is 0.0685. The summed E-state index contributed by atoms with van der Waals surface area (Å²) in [5.41, 5.74) is 3.06. The van der Waals surface area contributed by atoms with Gasteiger partial charge in [-0.05, 0) is 37.6 Å². The molecule has 0 aliphatic rings. The summed E-state index contributed by atoms with van der Waals surface area (Å²) in [7, 11) is 1.58. The van der Waals surface area contributed by atoms with Crippen molar-refractivity contribution in [3.8, 4) is 11.4 Å². The molecular formula is C16H16N6O2. The highest BCUT2D eigenvalue weighted by Crippen LogP contribution is 2.19. The molecule has 0 bridgehead atoms. The number of pyridine rings is 1. The van der Waals surface area contributed by atoms with Gasteiger partial charge in [-0.15, -0.1) is 0 Å². The molecule has 0 radical (unpaired) electrons. The molecule has 8 nitrogen and oxygen atoms in total. The van der Waals surface area contributed by atoms with E-state index in [1.165, 1.54) is 10.7 Å². The Morgan fingerprint density at radius 3 is 2.62 bits per heavy atom. The summed E-state index contributed by atoms with van der Waals surface area (Å²) in [6.45, 7) is 3.90. The number of hydrogen-bond donors (Lipinski definition) is 2. The molecule has 0 atom stereocenters. The van der Waals surface area contributed by atoms with Crippen molar-refractivity contribution >= 4 is 17.7 Å². The second-order valence-electron chi connectivity index (χ2n) is 5.41. The predicted octanol–water partition coefficient (Wildman–Crippen LogP) is 2.33. The zero-order valence-corrected chi connectivity index (χ0v) is 13.5. The molecule has 0 saturated carbocycles. The van der Waals surface area contributed by atoms with Crippen LogP contribution in [-0.2, 0) is 7.05 Å². The first-order chi connectivity index (χ1) is 11.4. The van der Waals surface area contributed by atoms with Crippen molar-refractivity contribution in [1.29, 1.82) is 0 Å². The van der Waals surface area contributed by atoms with E-state index in [1.54, 1.807) is 19.3 Å². The Hall–Kier alpha value is -3.29. The van der Waals surface area contributed by atoms with Crippen LogP contribution in [0.4, 0.5) is 11.8 Å². The molecule has 3 heterocycles. The molecule has 0 aromatic carbocycles. The van der Waals surface area contributed by atoms with Crippen LogP contribution in [0.1, 0.15) is 21.7 Å². The van der Waals surface area contributed by atoms with Crippen LogP contribution >= 0.6 is 0 Å². The van der Waals surface area contributed by atoms with Gasteiger partial charge in [0, 0.05) is 25.0 Å².